The van der Waals surface area contributed by atoms with Crippen molar-refractivity contribution < 1.29 is 14.7 Å². The van der Waals surface area contributed by atoms with Gasteiger partial charge in [-0.2, -0.15) is 9.78 Å². The van der Waals surface area contributed by atoms with Crippen molar-refractivity contribution in [1.82, 2.24) is 20.0 Å². The Kier molecular flexibility index (Phi) is 1.94. The number of urea groups is 1. The second-order valence-corrected chi connectivity index (χ2v) is 4.02. The van der Waals surface area contributed by atoms with Gasteiger partial charge in [0, 0.05) is 24.8 Å². The van der Waals surface area contributed by atoms with Crippen molar-refractivity contribution in [2.24, 2.45) is 0 Å². The van der Waals surface area contributed by atoms with E-state index in [2.05, 4.69) is 10.4 Å². The molecule has 7 heteroatoms. The highest BCUT2D eigenvalue weighted by atomic mass is 16.4. The lowest BCUT2D eigenvalue weighted by molar-refractivity contribution is 0.192. The van der Waals surface area contributed by atoms with Crippen molar-refractivity contribution >= 4 is 17.7 Å². The van der Waals surface area contributed by atoms with Crippen LogP contribution in [0.4, 0.5) is 9.59 Å². The molecule has 2 N–H and O–H groups in total. The standard InChI is InChI=1S/C10H10N4O3/c15-9-12-8-5-13(9)2-1-7(8)6-3-11-14(4-6)10(16)17/h1,3-4,8H,2,5H2,(H,12,15)(H,16,17). The van der Waals surface area contributed by atoms with E-state index in [-0.39, 0.29) is 12.1 Å². The molecule has 0 aromatic carbocycles. The maximum Gasteiger partial charge on any atom is 0.432 e. The zero-order chi connectivity index (χ0) is 12.0. The first-order valence-corrected chi connectivity index (χ1v) is 5.19. The fourth-order valence-corrected chi connectivity index (χ4v) is 2.17. The molecule has 0 saturated carbocycles. The number of nitrogens with zero attached hydrogens (tertiary/aromatic N) is 3. The lowest BCUT2D eigenvalue weighted by Gasteiger charge is -2.20. The number of nitrogens with one attached hydrogen (secondary N) is 1. The average Bonchev–Trinajstić information content (AvgIpc) is 2.87. The van der Waals surface area contributed by atoms with Gasteiger partial charge in [0.05, 0.1) is 12.2 Å². The molecule has 1 aromatic rings. The Balaban J connectivity index is 1.92. The second kappa shape index (κ2) is 3.34. The molecule has 1 aromatic heterocycles. The van der Waals surface area contributed by atoms with Crippen LogP contribution in [0.3, 0.4) is 0 Å². The number of amides is 2. The van der Waals surface area contributed by atoms with Crippen LogP contribution in [0.25, 0.3) is 5.57 Å². The highest BCUT2D eigenvalue weighted by Crippen LogP contribution is 2.26. The van der Waals surface area contributed by atoms with E-state index in [9.17, 15) is 9.59 Å². The predicted octanol–water partition coefficient (Wildman–Crippen LogP) is 0.200. The molecular formula is C10H10N4O3. The lowest BCUT2D eigenvalue weighted by atomic mass is 9.99. The predicted molar refractivity (Wildman–Crippen MR) is 57.5 cm³/mol. The normalized spacial score (nSPS) is 22.4. The Morgan fingerprint density at radius 3 is 3.12 bits per heavy atom. The molecule has 17 heavy (non-hydrogen) atoms. The summed E-state index contributed by atoms with van der Waals surface area (Å²) in [5, 5.41) is 15.4. The van der Waals surface area contributed by atoms with Gasteiger partial charge in [-0.05, 0) is 5.57 Å². The minimum Gasteiger partial charge on any atom is -0.463 e. The maximum atomic E-state index is 11.4. The number of carbonyl (C=O) groups excluding carboxylic acids is 1. The van der Waals surface area contributed by atoms with Crippen molar-refractivity contribution in [3.05, 3.63) is 24.0 Å². The van der Waals surface area contributed by atoms with Crippen LogP contribution in [0.5, 0.6) is 0 Å². The van der Waals surface area contributed by atoms with E-state index in [1.165, 1.54) is 12.4 Å². The van der Waals surface area contributed by atoms with Crippen molar-refractivity contribution in [3.8, 4) is 0 Å². The Morgan fingerprint density at radius 2 is 2.41 bits per heavy atom. The Morgan fingerprint density at radius 1 is 1.59 bits per heavy atom. The average molecular weight is 234 g/mol. The quantitative estimate of drug-likeness (QED) is 0.726. The third-order valence-electron chi connectivity index (χ3n) is 3.01. The van der Waals surface area contributed by atoms with Crippen LogP contribution in [0.1, 0.15) is 5.56 Å². The van der Waals surface area contributed by atoms with E-state index in [1.54, 1.807) is 4.90 Å². The zero-order valence-electron chi connectivity index (χ0n) is 8.83. The van der Waals surface area contributed by atoms with Crippen LogP contribution in [0.15, 0.2) is 18.5 Å². The van der Waals surface area contributed by atoms with Crippen molar-refractivity contribution in [3.63, 3.8) is 0 Å². The minimum atomic E-state index is -1.12. The summed E-state index contributed by atoms with van der Waals surface area (Å²) in [5.41, 5.74) is 1.67. The Hall–Kier alpha value is -2.31. The van der Waals surface area contributed by atoms with Crippen molar-refractivity contribution in [1.29, 1.82) is 0 Å². The summed E-state index contributed by atoms with van der Waals surface area (Å²) >= 11 is 0. The largest absolute Gasteiger partial charge is 0.463 e. The summed E-state index contributed by atoms with van der Waals surface area (Å²) in [6, 6.07) is -0.144. The SMILES string of the molecule is O=C1NC2CN1CC=C2c1cnn(C(=O)O)c1. The molecule has 3 heterocycles. The van der Waals surface area contributed by atoms with Gasteiger partial charge in [0.1, 0.15) is 0 Å². The molecule has 0 spiro atoms. The smallest absolute Gasteiger partial charge is 0.432 e. The molecular weight excluding hydrogens is 224 g/mol. The molecule has 1 unspecified atom stereocenters. The number of hydrogen-bond acceptors (Lipinski definition) is 3. The van der Waals surface area contributed by atoms with E-state index in [0.29, 0.717) is 13.1 Å². The molecule has 88 valence electrons. The van der Waals surface area contributed by atoms with Crippen LogP contribution in [0, 0.1) is 0 Å². The number of rotatable bonds is 1. The van der Waals surface area contributed by atoms with Gasteiger partial charge in [-0.15, -0.1) is 0 Å². The summed E-state index contributed by atoms with van der Waals surface area (Å²) in [4.78, 5) is 23.8. The molecule has 1 saturated heterocycles. The maximum absolute atomic E-state index is 11.4. The van der Waals surface area contributed by atoms with Gasteiger partial charge in [0.25, 0.3) is 0 Å². The van der Waals surface area contributed by atoms with E-state index in [0.717, 1.165) is 15.8 Å². The summed E-state index contributed by atoms with van der Waals surface area (Å²) in [5.74, 6) is 0. The number of carbonyl (C=O) groups is 2. The monoisotopic (exact) mass is 234 g/mol. The summed E-state index contributed by atoms with van der Waals surface area (Å²) < 4.78 is 0.860. The first-order valence-electron chi connectivity index (χ1n) is 5.19. The van der Waals surface area contributed by atoms with Gasteiger partial charge in [-0.3, -0.25) is 0 Å². The van der Waals surface area contributed by atoms with E-state index >= 15 is 0 Å². The lowest BCUT2D eigenvalue weighted by Crippen LogP contribution is -2.29. The third kappa shape index (κ3) is 1.47. The number of hydrogen-bond donors (Lipinski definition) is 2. The minimum absolute atomic E-state index is 0.0669. The third-order valence-corrected chi connectivity index (χ3v) is 3.01. The molecule has 3 rings (SSSR count). The molecule has 0 aliphatic carbocycles. The highest BCUT2D eigenvalue weighted by molar-refractivity contribution is 5.85. The molecule has 2 aliphatic rings. The molecule has 7 nitrogen and oxygen atoms in total. The number of carboxylic acid groups (broad SMARTS) is 1. The van der Waals surface area contributed by atoms with Crippen molar-refractivity contribution in [2.45, 2.75) is 6.04 Å². The molecule has 1 atom stereocenters. The topological polar surface area (TPSA) is 87.5 Å². The first kappa shape index (κ1) is 9.88. The molecule has 1 fully saturated rings. The number of aromatic nitrogens is 2. The van der Waals surface area contributed by atoms with Gasteiger partial charge in [-0.1, -0.05) is 6.08 Å². The molecule has 0 radical (unpaired) electrons. The number of fused-ring (bicyclic) bond motifs is 2. The van der Waals surface area contributed by atoms with Gasteiger partial charge < -0.3 is 15.3 Å². The van der Waals surface area contributed by atoms with Gasteiger partial charge in [0.15, 0.2) is 0 Å². The Labute approximate surface area is 96.3 Å². The van der Waals surface area contributed by atoms with Crippen LogP contribution in [0.2, 0.25) is 0 Å². The zero-order valence-corrected chi connectivity index (χ0v) is 8.83. The molecule has 2 aliphatic heterocycles. The van der Waals surface area contributed by atoms with Gasteiger partial charge in [-0.25, -0.2) is 9.59 Å². The van der Waals surface area contributed by atoms with Crippen LogP contribution in [-0.2, 0) is 0 Å². The fourth-order valence-electron chi connectivity index (χ4n) is 2.17. The summed E-state index contributed by atoms with van der Waals surface area (Å²) in [6.45, 7) is 1.18. The fraction of sp³-hybridized carbons (Fsp3) is 0.300. The van der Waals surface area contributed by atoms with Gasteiger partial charge >= 0.3 is 12.1 Å². The van der Waals surface area contributed by atoms with Crippen LogP contribution < -0.4 is 5.32 Å². The molecule has 2 amide bonds. The van der Waals surface area contributed by atoms with Crippen LogP contribution in [-0.4, -0.2) is 51.0 Å². The van der Waals surface area contributed by atoms with E-state index in [4.69, 9.17) is 5.11 Å². The second-order valence-electron chi connectivity index (χ2n) is 4.02. The summed E-state index contributed by atoms with van der Waals surface area (Å²) in [6.07, 6.45) is 3.76. The van der Waals surface area contributed by atoms with E-state index < -0.39 is 6.09 Å². The van der Waals surface area contributed by atoms with Gasteiger partial charge in [0.2, 0.25) is 0 Å². The van der Waals surface area contributed by atoms with E-state index in [1.807, 2.05) is 6.08 Å². The first-order chi connectivity index (χ1) is 8.15. The highest BCUT2D eigenvalue weighted by Gasteiger charge is 2.34. The summed E-state index contributed by atoms with van der Waals surface area (Å²) in [7, 11) is 0. The molecule has 2 bridgehead atoms. The van der Waals surface area contributed by atoms with Crippen molar-refractivity contribution in [2.75, 3.05) is 13.1 Å². The van der Waals surface area contributed by atoms with Crippen LogP contribution >= 0.6 is 0 Å². The Bertz CT molecular complexity index is 533.